The predicted octanol–water partition coefficient (Wildman–Crippen LogP) is 7.20. The Kier molecular flexibility index (Phi) is 9.50. The predicted molar refractivity (Wildman–Crippen MR) is 164 cm³/mol. The Morgan fingerprint density at radius 2 is 1.71 bits per heavy atom. The Labute approximate surface area is 244 Å². The van der Waals surface area contributed by atoms with Crippen LogP contribution in [0.1, 0.15) is 71.6 Å². The summed E-state index contributed by atoms with van der Waals surface area (Å²) in [4.78, 5) is 33.1. The summed E-state index contributed by atoms with van der Waals surface area (Å²) < 4.78 is 5.56. The second-order valence-electron chi connectivity index (χ2n) is 11.8. The van der Waals surface area contributed by atoms with E-state index in [-0.39, 0.29) is 29.7 Å². The van der Waals surface area contributed by atoms with E-state index >= 15 is 0 Å². The van der Waals surface area contributed by atoms with Crippen molar-refractivity contribution in [1.29, 1.82) is 0 Å². The number of pyridine rings is 1. The van der Waals surface area contributed by atoms with Crippen LogP contribution in [-0.4, -0.2) is 35.2 Å². The first kappa shape index (κ1) is 29.9. The average molecular weight is 552 g/mol. The number of nitrogens with zero attached hydrogens (tertiary/aromatic N) is 2. The zero-order valence-corrected chi connectivity index (χ0v) is 25.0. The van der Waals surface area contributed by atoms with Crippen LogP contribution in [0.2, 0.25) is 0 Å². The van der Waals surface area contributed by atoms with Crippen LogP contribution in [0, 0.1) is 23.7 Å². The molecule has 1 heterocycles. The van der Waals surface area contributed by atoms with Crippen molar-refractivity contribution >= 4 is 17.7 Å². The summed E-state index contributed by atoms with van der Waals surface area (Å²) in [6, 6.07) is 21.8. The molecule has 0 radical (unpaired) electrons. The third-order valence-electron chi connectivity index (χ3n) is 7.52. The van der Waals surface area contributed by atoms with Gasteiger partial charge in [0.05, 0.1) is 6.04 Å². The Hall–Kier alpha value is -4.11. The Balaban J connectivity index is 1.61. The van der Waals surface area contributed by atoms with Crippen LogP contribution < -0.4 is 10.2 Å². The summed E-state index contributed by atoms with van der Waals surface area (Å²) in [7, 11) is 0. The van der Waals surface area contributed by atoms with E-state index in [9.17, 15) is 9.59 Å². The fourth-order valence-electron chi connectivity index (χ4n) is 4.95. The van der Waals surface area contributed by atoms with Crippen LogP contribution in [0.4, 0.5) is 10.5 Å². The molecule has 4 atom stereocenters. The van der Waals surface area contributed by atoms with Gasteiger partial charge in [-0.3, -0.25) is 9.78 Å². The minimum Gasteiger partial charge on any atom is -0.444 e. The molecule has 0 saturated heterocycles. The zero-order chi connectivity index (χ0) is 29.6. The number of amides is 2. The maximum Gasteiger partial charge on any atom is 0.407 e. The molecule has 3 aromatic rings. The van der Waals surface area contributed by atoms with Gasteiger partial charge >= 0.3 is 6.09 Å². The SMILES string of the molecule is CC#Cc1ccc(-c2ccc(N(C[C@@H](NC(=O)OC(C)(C)C)[C@@H](C)CC)C(=O)[C@@H]3C[C@H]3c3ccccn3)cc2)cc1. The zero-order valence-electron chi connectivity index (χ0n) is 25.0. The lowest BCUT2D eigenvalue weighted by atomic mass is 9.97. The van der Waals surface area contributed by atoms with Gasteiger partial charge in [-0.05, 0) is 87.6 Å². The van der Waals surface area contributed by atoms with Gasteiger partial charge in [-0.25, -0.2) is 4.79 Å². The highest BCUT2D eigenvalue weighted by molar-refractivity contribution is 5.98. The highest BCUT2D eigenvalue weighted by atomic mass is 16.6. The molecule has 4 rings (SSSR count). The molecule has 0 aliphatic heterocycles. The molecule has 1 N–H and O–H groups in total. The molecule has 6 heteroatoms. The van der Waals surface area contributed by atoms with Gasteiger partial charge in [0.1, 0.15) is 5.60 Å². The van der Waals surface area contributed by atoms with E-state index in [0.717, 1.165) is 40.9 Å². The molecular weight excluding hydrogens is 510 g/mol. The van der Waals surface area contributed by atoms with Gasteiger partial charge in [0.15, 0.2) is 0 Å². The van der Waals surface area contributed by atoms with Crippen molar-refractivity contribution in [2.75, 3.05) is 11.4 Å². The first-order valence-corrected chi connectivity index (χ1v) is 14.4. The Morgan fingerprint density at radius 1 is 1.05 bits per heavy atom. The molecule has 6 nitrogen and oxygen atoms in total. The topological polar surface area (TPSA) is 71.5 Å². The lowest BCUT2D eigenvalue weighted by molar-refractivity contribution is -0.120. The molecule has 1 fully saturated rings. The number of aromatic nitrogens is 1. The van der Waals surface area contributed by atoms with Gasteiger partial charge in [-0.2, -0.15) is 0 Å². The highest BCUT2D eigenvalue weighted by Gasteiger charge is 2.47. The number of nitrogens with one attached hydrogen (secondary N) is 1. The fourth-order valence-corrected chi connectivity index (χ4v) is 4.95. The van der Waals surface area contributed by atoms with Gasteiger partial charge in [0, 0.05) is 41.5 Å². The second-order valence-corrected chi connectivity index (χ2v) is 11.8. The third kappa shape index (κ3) is 7.98. The fraction of sp³-hybridized carbons (Fsp3) is 0.400. The second kappa shape index (κ2) is 13.0. The first-order chi connectivity index (χ1) is 19.6. The number of hydrogen-bond donors (Lipinski definition) is 1. The summed E-state index contributed by atoms with van der Waals surface area (Å²) >= 11 is 0. The van der Waals surface area contributed by atoms with Crippen molar-refractivity contribution in [3.8, 4) is 23.0 Å². The minimum atomic E-state index is -0.610. The molecule has 2 aromatic carbocycles. The molecule has 1 aliphatic rings. The van der Waals surface area contributed by atoms with Crippen LogP contribution in [0.3, 0.4) is 0 Å². The number of benzene rings is 2. The van der Waals surface area contributed by atoms with Crippen molar-refractivity contribution in [1.82, 2.24) is 10.3 Å². The van der Waals surface area contributed by atoms with Gasteiger partial charge in [0.25, 0.3) is 0 Å². The number of carbonyl (C=O) groups excluding carboxylic acids is 2. The minimum absolute atomic E-state index is 0.0511. The number of carbonyl (C=O) groups is 2. The van der Waals surface area contributed by atoms with Crippen LogP contribution in [0.5, 0.6) is 0 Å². The Bertz CT molecular complexity index is 1380. The van der Waals surface area contributed by atoms with Crippen molar-refractivity contribution in [3.63, 3.8) is 0 Å². The van der Waals surface area contributed by atoms with Crippen LogP contribution in [0.15, 0.2) is 72.9 Å². The number of hydrogen-bond acceptors (Lipinski definition) is 4. The normalized spacial score (nSPS) is 17.4. The van der Waals surface area contributed by atoms with E-state index in [4.69, 9.17) is 4.74 Å². The molecule has 0 spiro atoms. The molecule has 1 aromatic heterocycles. The van der Waals surface area contributed by atoms with E-state index in [2.05, 4.69) is 48.1 Å². The van der Waals surface area contributed by atoms with Crippen LogP contribution in [0.25, 0.3) is 11.1 Å². The number of ether oxygens (including phenoxy) is 1. The van der Waals surface area contributed by atoms with E-state index in [1.807, 2.05) is 87.2 Å². The van der Waals surface area contributed by atoms with Crippen molar-refractivity contribution in [2.24, 2.45) is 11.8 Å². The number of anilines is 1. The smallest absolute Gasteiger partial charge is 0.407 e. The quantitative estimate of drug-likeness (QED) is 0.286. The largest absolute Gasteiger partial charge is 0.444 e. The maximum atomic E-state index is 14.0. The lowest BCUT2D eigenvalue weighted by Gasteiger charge is -2.32. The van der Waals surface area contributed by atoms with Crippen molar-refractivity contribution in [3.05, 3.63) is 84.2 Å². The molecule has 2 amide bonds. The summed E-state index contributed by atoms with van der Waals surface area (Å²) in [5, 5.41) is 3.06. The first-order valence-electron chi connectivity index (χ1n) is 14.4. The number of rotatable bonds is 9. The maximum absolute atomic E-state index is 14.0. The molecule has 0 bridgehead atoms. The summed E-state index contributed by atoms with van der Waals surface area (Å²) in [6.45, 7) is 11.9. The van der Waals surface area contributed by atoms with E-state index in [1.54, 1.807) is 6.20 Å². The van der Waals surface area contributed by atoms with Crippen molar-refractivity contribution in [2.45, 2.75) is 71.9 Å². The van der Waals surface area contributed by atoms with E-state index in [1.165, 1.54) is 0 Å². The monoisotopic (exact) mass is 551 g/mol. The van der Waals surface area contributed by atoms with E-state index in [0.29, 0.717) is 6.54 Å². The standard InChI is InChI=1S/C35H41N3O3/c1-7-11-25-13-15-26(16-14-25)27-17-19-28(20-18-27)38(33(39)30-22-29(30)31-12-9-10-21-36-31)23-32(24(3)8-2)37-34(40)41-35(4,5)6/h9-10,12-21,24,29-30,32H,8,22-23H2,1-6H3,(H,37,40)/t24-,29+,30+,32+/m0/s1. The van der Waals surface area contributed by atoms with Crippen LogP contribution >= 0.6 is 0 Å². The molecule has 1 saturated carbocycles. The van der Waals surface area contributed by atoms with Gasteiger partial charge < -0.3 is 15.0 Å². The molecule has 0 unspecified atom stereocenters. The molecular formula is C35H41N3O3. The lowest BCUT2D eigenvalue weighted by Crippen LogP contribution is -2.50. The van der Waals surface area contributed by atoms with E-state index < -0.39 is 11.7 Å². The summed E-state index contributed by atoms with van der Waals surface area (Å²) in [6.07, 6.45) is 2.92. The molecule has 214 valence electrons. The van der Waals surface area contributed by atoms with Gasteiger partial charge in [-0.15, -0.1) is 5.92 Å². The summed E-state index contributed by atoms with van der Waals surface area (Å²) in [5.41, 5.74) is 4.25. The third-order valence-corrected chi connectivity index (χ3v) is 7.52. The van der Waals surface area contributed by atoms with Gasteiger partial charge in [0.2, 0.25) is 5.91 Å². The van der Waals surface area contributed by atoms with Crippen LogP contribution in [-0.2, 0) is 9.53 Å². The highest BCUT2D eigenvalue weighted by Crippen LogP contribution is 2.48. The molecule has 1 aliphatic carbocycles. The molecule has 41 heavy (non-hydrogen) atoms. The Morgan fingerprint density at radius 3 is 2.27 bits per heavy atom. The summed E-state index contributed by atoms with van der Waals surface area (Å²) in [5.74, 6) is 6.15. The van der Waals surface area contributed by atoms with Gasteiger partial charge in [-0.1, -0.05) is 56.5 Å². The number of alkyl carbamates (subject to hydrolysis) is 1. The average Bonchev–Trinajstić information content (AvgIpc) is 3.76. The van der Waals surface area contributed by atoms with Crippen molar-refractivity contribution < 1.29 is 14.3 Å².